The van der Waals surface area contributed by atoms with Gasteiger partial charge in [-0.15, -0.1) is 0 Å². The Morgan fingerprint density at radius 2 is 0.525 bits per heavy atom. The summed E-state index contributed by atoms with van der Waals surface area (Å²) in [5, 5.41) is 0. The fraction of sp³-hybridized carbons (Fsp3) is 0.226. The summed E-state index contributed by atoms with van der Waals surface area (Å²) < 4.78 is 132. The van der Waals surface area contributed by atoms with E-state index in [4.69, 9.17) is 10.1 Å². The maximum absolute atomic E-state index is 12.9. The Morgan fingerprint density at radius 3 is 0.725 bits per heavy atom. The molecule has 0 aliphatic rings. The number of aryl methyl sites for hydroxylation is 12. The molecule has 0 aliphatic carbocycles. The van der Waals surface area contributed by atoms with Gasteiger partial charge in [0.25, 0.3) is 0 Å². The van der Waals surface area contributed by atoms with Gasteiger partial charge in [0.1, 0.15) is 0 Å². The summed E-state index contributed by atoms with van der Waals surface area (Å²) in [6.07, 6.45) is 0.859. The van der Waals surface area contributed by atoms with Crippen LogP contribution in [0.3, 0.4) is 0 Å². The Balaban J connectivity index is 1.07. The van der Waals surface area contributed by atoms with Crippen LogP contribution in [0.4, 0.5) is 0 Å². The molecule has 0 fully saturated rings. The summed E-state index contributed by atoms with van der Waals surface area (Å²) in [6.45, 7) is 23.0. The minimum Gasteiger partial charge on any atom is -0.0552 e. The van der Waals surface area contributed by atoms with Crippen molar-refractivity contribution >= 4 is 40.9 Å². The Labute approximate surface area is 486 Å². The van der Waals surface area contributed by atoms with E-state index >= 15 is 0 Å². The predicted octanol–water partition coefficient (Wildman–Crippen LogP) is 7.17. The van der Waals surface area contributed by atoms with Crippen molar-refractivity contribution in [3.63, 3.8) is 0 Å². The molecule has 0 atom stereocenters. The van der Waals surface area contributed by atoms with Crippen molar-refractivity contribution in [2.24, 2.45) is 0 Å². The molecule has 0 spiro atoms. The van der Waals surface area contributed by atoms with Gasteiger partial charge in [0.05, 0.1) is 0 Å². The second-order valence-corrected chi connectivity index (χ2v) is 33.6. The molecule has 12 nitrogen and oxygen atoms in total. The topological polar surface area (TPSA) is 235 Å². The van der Waals surface area contributed by atoms with Gasteiger partial charge in [-0.25, -0.2) is 0 Å². The minimum absolute atomic E-state index is 0.430. The number of halogens is 4. The number of hydrogen-bond donors (Lipinski definition) is 0. The van der Waals surface area contributed by atoms with Gasteiger partial charge in [0.2, 0.25) is 0 Å². The number of hydrogen-bond acceptors (Lipinski definition) is 12. The van der Waals surface area contributed by atoms with Gasteiger partial charge in [0.15, 0.2) is 0 Å². The Hall–Kier alpha value is -4.42. The van der Waals surface area contributed by atoms with Crippen LogP contribution in [0.2, 0.25) is 0 Å². The zero-order chi connectivity index (χ0) is 58.4. The molecule has 424 valence electrons. The average molecular weight is 1300 g/mol. The standard InChI is InChI=1S/C62H64Cl3IO12S2/c1-39-29-43(5)59(44(6)30-39)79(77-64(70,71)72,60-45(7)31-40(2)32-46(60)8)57-25-17-53(18-26-57)37-51-13-21-55(22-14-51)66(76-63(67,68)69)56-23-15-52(16-24-56)38-54-19-27-58(28-20-54)80(78-65(73,74)75,61-47(9)33-41(3)34-48(61)10)62-49(11)35-42(4)36-50(62)12/h13-36H,37-38H2,1-12H3. The molecule has 8 rings (SSSR count). The Morgan fingerprint density at radius 1 is 0.312 bits per heavy atom. The molecule has 0 unspecified atom stereocenters. The van der Waals surface area contributed by atoms with E-state index in [9.17, 15) is 41.9 Å². The van der Waals surface area contributed by atoms with Crippen LogP contribution in [0.15, 0.2) is 175 Å². The van der Waals surface area contributed by atoms with Gasteiger partial charge in [-0.2, -0.15) is 28.0 Å². The van der Waals surface area contributed by atoms with Gasteiger partial charge in [-0.05, 0) is 83.1 Å². The molecule has 0 radical (unpaired) electrons. The maximum atomic E-state index is 12.9. The van der Waals surface area contributed by atoms with Crippen LogP contribution in [0.1, 0.15) is 89.0 Å². The molecular formula is C62H64Cl3IO12S2. The van der Waals surface area contributed by atoms with Gasteiger partial charge < -0.3 is 0 Å². The third kappa shape index (κ3) is 13.6. The smallest absolute Gasteiger partial charge is 0.0552 e. The van der Waals surface area contributed by atoms with E-state index in [1.54, 1.807) is 24.3 Å². The fourth-order valence-corrected chi connectivity index (χ4v) is 26.7. The van der Waals surface area contributed by atoms with E-state index in [1.165, 1.54) is 0 Å². The molecule has 18 heteroatoms. The van der Waals surface area contributed by atoms with Crippen LogP contribution >= 0.6 is 40.9 Å². The van der Waals surface area contributed by atoms with Crippen molar-refractivity contribution in [2.75, 3.05) is 0 Å². The van der Waals surface area contributed by atoms with Crippen molar-refractivity contribution in [3.8, 4) is 0 Å². The van der Waals surface area contributed by atoms with Crippen LogP contribution in [0.25, 0.3) is 0 Å². The van der Waals surface area contributed by atoms with E-state index in [0.717, 1.165) is 89.0 Å². The first-order valence-electron chi connectivity index (χ1n) is 25.3. The molecule has 0 heterocycles. The van der Waals surface area contributed by atoms with E-state index in [0.29, 0.717) is 49.4 Å². The van der Waals surface area contributed by atoms with Gasteiger partial charge in [-0.1, -0.05) is 70.8 Å². The quantitative estimate of drug-likeness (QED) is 0.0778. The first kappa shape index (κ1) is 61.6. The average Bonchev–Trinajstić information content (AvgIpc) is 3.34. The molecule has 0 aliphatic heterocycles. The third-order valence-corrected chi connectivity index (χ3v) is 29.3. The van der Waals surface area contributed by atoms with Crippen molar-refractivity contribution in [3.05, 3.63) is 242 Å². The second kappa shape index (κ2) is 24.0. The van der Waals surface area contributed by atoms with Gasteiger partial charge in [-0.3, -0.25) is 0 Å². The summed E-state index contributed by atoms with van der Waals surface area (Å²) in [4.78, 5) is 3.60. The van der Waals surface area contributed by atoms with Gasteiger partial charge in [0, 0.05) is 0 Å². The van der Waals surface area contributed by atoms with E-state index in [-0.39, 0.29) is 0 Å². The summed E-state index contributed by atoms with van der Waals surface area (Å²) in [5.74, 6) is 0. The molecule has 0 bridgehead atoms. The summed E-state index contributed by atoms with van der Waals surface area (Å²) in [5.41, 5.74) is 13.7. The Bertz CT molecular complexity index is 3130. The zero-order valence-electron chi connectivity index (χ0n) is 46.5. The first-order chi connectivity index (χ1) is 37.4. The number of rotatable bonds is 18. The molecule has 8 aromatic carbocycles. The molecule has 0 N–H and O–H groups in total. The van der Waals surface area contributed by atoms with Crippen molar-refractivity contribution < 1.29 is 82.8 Å². The van der Waals surface area contributed by atoms with Crippen LogP contribution in [0.5, 0.6) is 0 Å². The minimum atomic E-state index is -4.92. The molecule has 0 aromatic heterocycles. The monoisotopic (exact) mass is 1300 g/mol. The Kier molecular flexibility index (Phi) is 18.5. The van der Waals surface area contributed by atoms with Crippen molar-refractivity contribution in [1.82, 2.24) is 0 Å². The molecule has 80 heavy (non-hydrogen) atoms. The van der Waals surface area contributed by atoms with Gasteiger partial charge >= 0.3 is 309 Å². The SMILES string of the molecule is Cc1cc(C)c(S(O[Cl+3]([O-])([O-])[O-])(c2ccc(Cc3ccc(I(O[Cl+3]([O-])([O-])[O-])c4ccc(Cc5ccc(S(O[Cl+3]([O-])([O-])[O-])(c6c(C)cc(C)cc6C)c6c(C)cc(C)cc6C)cc5)cc4)cc3)cc2)c2c(C)cc(C)cc2C)c(C)c1. The molecule has 0 saturated carbocycles. The molecule has 0 amide bonds. The molecule has 8 aromatic rings. The van der Waals surface area contributed by atoms with Crippen LogP contribution < -0.4 is 41.9 Å². The number of benzene rings is 8. The molecule has 0 saturated heterocycles. The zero-order valence-corrected chi connectivity index (χ0v) is 52.6. The van der Waals surface area contributed by atoms with Crippen LogP contribution in [-0.2, 0) is 22.9 Å². The van der Waals surface area contributed by atoms with Crippen LogP contribution in [0, 0.1) is 121 Å². The summed E-state index contributed by atoms with van der Waals surface area (Å²) in [7, 11) is -21.0. The second-order valence-electron chi connectivity index (χ2n) is 20.5. The predicted molar refractivity (Wildman–Crippen MR) is 293 cm³/mol. The normalized spacial score (nSPS) is 13.2. The summed E-state index contributed by atoms with van der Waals surface area (Å²) >= 11 is -3.36. The summed E-state index contributed by atoms with van der Waals surface area (Å²) in [6, 6.07) is 44.9. The first-order valence-corrected chi connectivity index (χ1v) is 35.1. The van der Waals surface area contributed by atoms with E-state index < -0.39 is 71.6 Å². The van der Waals surface area contributed by atoms with E-state index in [2.05, 4.69) is 0 Å². The third-order valence-electron chi connectivity index (χ3n) is 13.6. The van der Waals surface area contributed by atoms with Crippen molar-refractivity contribution in [1.29, 1.82) is 0 Å². The van der Waals surface area contributed by atoms with E-state index in [1.807, 2.05) is 204 Å². The van der Waals surface area contributed by atoms with Crippen LogP contribution in [-0.4, -0.2) is 0 Å². The van der Waals surface area contributed by atoms with Crippen molar-refractivity contribution in [2.45, 2.75) is 125 Å². The molecular weight excluding hydrogens is 1230 g/mol. The fourth-order valence-electron chi connectivity index (χ4n) is 11.4.